The quantitative estimate of drug-likeness (QED) is 0.744. The van der Waals surface area contributed by atoms with Crippen LogP contribution < -0.4 is 5.32 Å². The van der Waals surface area contributed by atoms with Crippen LogP contribution in [-0.4, -0.2) is 37.6 Å². The summed E-state index contributed by atoms with van der Waals surface area (Å²) in [6.45, 7) is 8.33. The van der Waals surface area contributed by atoms with Gasteiger partial charge in [0.2, 0.25) is 0 Å². The lowest BCUT2D eigenvalue weighted by molar-refractivity contribution is 0.334. The molecule has 2 nitrogen and oxygen atoms in total. The van der Waals surface area contributed by atoms with Gasteiger partial charge in [-0.1, -0.05) is 37.3 Å². The number of benzene rings is 1. The number of likely N-dealkylation sites (tertiary alicyclic amines) is 1. The van der Waals surface area contributed by atoms with Crippen LogP contribution in [-0.2, 0) is 0 Å². The van der Waals surface area contributed by atoms with Crippen LogP contribution in [0.25, 0.3) is 0 Å². The lowest BCUT2D eigenvalue weighted by Gasteiger charge is -2.18. The van der Waals surface area contributed by atoms with Crippen molar-refractivity contribution in [1.29, 1.82) is 0 Å². The van der Waals surface area contributed by atoms with E-state index >= 15 is 0 Å². The molecule has 0 saturated carbocycles. The molecule has 1 N–H and O–H groups in total. The molecular weight excluding hydrogens is 220 g/mol. The van der Waals surface area contributed by atoms with Gasteiger partial charge in [-0.25, -0.2) is 0 Å². The summed E-state index contributed by atoms with van der Waals surface area (Å²) < 4.78 is 0. The van der Waals surface area contributed by atoms with E-state index in [1.54, 1.807) is 0 Å². The Bertz CT molecular complexity index is 317. The van der Waals surface area contributed by atoms with E-state index in [2.05, 4.69) is 47.5 Å². The van der Waals surface area contributed by atoms with E-state index in [1.807, 2.05) is 0 Å². The summed E-state index contributed by atoms with van der Waals surface area (Å²) in [5, 5.41) is 3.62. The number of nitrogens with zero attached hydrogens (tertiary/aromatic N) is 1. The zero-order chi connectivity index (χ0) is 12.6. The van der Waals surface area contributed by atoms with Crippen LogP contribution in [0.2, 0.25) is 0 Å². The van der Waals surface area contributed by atoms with E-state index in [1.165, 1.54) is 44.5 Å². The minimum Gasteiger partial charge on any atom is -0.315 e. The first-order valence-corrected chi connectivity index (χ1v) is 7.38. The van der Waals surface area contributed by atoms with E-state index < -0.39 is 0 Å². The molecule has 1 saturated heterocycles. The largest absolute Gasteiger partial charge is 0.315 e. The fourth-order valence-electron chi connectivity index (χ4n) is 2.74. The zero-order valence-electron chi connectivity index (χ0n) is 11.6. The van der Waals surface area contributed by atoms with Gasteiger partial charge >= 0.3 is 0 Å². The predicted octanol–water partition coefficient (Wildman–Crippen LogP) is 2.87. The molecule has 1 fully saturated rings. The second kappa shape index (κ2) is 7.55. The van der Waals surface area contributed by atoms with Crippen molar-refractivity contribution < 1.29 is 0 Å². The molecule has 1 aromatic carbocycles. The monoisotopic (exact) mass is 246 g/mol. The molecule has 1 aliphatic rings. The van der Waals surface area contributed by atoms with Crippen LogP contribution in [0.5, 0.6) is 0 Å². The van der Waals surface area contributed by atoms with Crippen LogP contribution in [0, 0.1) is 0 Å². The number of rotatable bonds is 7. The highest BCUT2D eigenvalue weighted by atomic mass is 15.1. The van der Waals surface area contributed by atoms with Crippen LogP contribution in [0.1, 0.15) is 37.7 Å². The summed E-state index contributed by atoms with van der Waals surface area (Å²) in [6.07, 6.45) is 3.99. The van der Waals surface area contributed by atoms with E-state index in [4.69, 9.17) is 0 Å². The van der Waals surface area contributed by atoms with Crippen LogP contribution >= 0.6 is 0 Å². The molecule has 0 aliphatic carbocycles. The Labute approximate surface area is 111 Å². The molecule has 0 spiro atoms. The average Bonchev–Trinajstić information content (AvgIpc) is 2.93. The molecule has 0 aromatic heterocycles. The van der Waals surface area contributed by atoms with Gasteiger partial charge in [0.15, 0.2) is 0 Å². The third-order valence-electron chi connectivity index (χ3n) is 3.96. The highest BCUT2D eigenvalue weighted by molar-refractivity contribution is 5.19. The minimum absolute atomic E-state index is 0.657. The second-order valence-electron chi connectivity index (χ2n) is 5.27. The third-order valence-corrected chi connectivity index (χ3v) is 3.96. The molecule has 0 radical (unpaired) electrons. The number of hydrogen-bond acceptors (Lipinski definition) is 2. The summed E-state index contributed by atoms with van der Waals surface area (Å²) >= 11 is 0. The average molecular weight is 246 g/mol. The molecule has 2 rings (SSSR count). The molecule has 0 amide bonds. The molecule has 100 valence electrons. The van der Waals surface area contributed by atoms with Crippen LogP contribution in [0.4, 0.5) is 0 Å². The van der Waals surface area contributed by atoms with Crippen molar-refractivity contribution in [2.45, 2.75) is 32.1 Å². The number of hydrogen-bond donors (Lipinski definition) is 1. The van der Waals surface area contributed by atoms with Crippen molar-refractivity contribution in [3.63, 3.8) is 0 Å². The molecule has 18 heavy (non-hydrogen) atoms. The Hall–Kier alpha value is -0.860. The molecule has 1 aromatic rings. The van der Waals surface area contributed by atoms with E-state index in [0.717, 1.165) is 13.1 Å². The first-order chi connectivity index (χ1) is 8.90. The second-order valence-corrected chi connectivity index (χ2v) is 5.27. The maximum absolute atomic E-state index is 3.62. The minimum atomic E-state index is 0.657. The molecule has 1 unspecified atom stereocenters. The highest BCUT2D eigenvalue weighted by Gasteiger charge is 2.11. The Morgan fingerprint density at radius 2 is 1.89 bits per heavy atom. The van der Waals surface area contributed by atoms with Gasteiger partial charge in [-0.3, -0.25) is 0 Å². The van der Waals surface area contributed by atoms with Gasteiger partial charge in [0, 0.05) is 19.6 Å². The van der Waals surface area contributed by atoms with Crippen LogP contribution in [0.15, 0.2) is 30.3 Å². The molecule has 1 atom stereocenters. The summed E-state index contributed by atoms with van der Waals surface area (Å²) in [7, 11) is 0. The lowest BCUT2D eigenvalue weighted by Crippen LogP contribution is -2.32. The summed E-state index contributed by atoms with van der Waals surface area (Å²) in [4.78, 5) is 2.57. The van der Waals surface area contributed by atoms with Crippen molar-refractivity contribution in [3.05, 3.63) is 35.9 Å². The van der Waals surface area contributed by atoms with Crippen molar-refractivity contribution >= 4 is 0 Å². The Morgan fingerprint density at radius 1 is 1.17 bits per heavy atom. The third kappa shape index (κ3) is 4.11. The fourth-order valence-corrected chi connectivity index (χ4v) is 2.74. The van der Waals surface area contributed by atoms with Gasteiger partial charge in [-0.05, 0) is 43.8 Å². The van der Waals surface area contributed by atoms with Gasteiger partial charge in [0.1, 0.15) is 0 Å². The zero-order valence-corrected chi connectivity index (χ0v) is 11.6. The molecule has 1 aliphatic heterocycles. The maximum atomic E-state index is 3.62. The van der Waals surface area contributed by atoms with Crippen molar-refractivity contribution in [3.8, 4) is 0 Å². The first-order valence-electron chi connectivity index (χ1n) is 7.38. The summed E-state index contributed by atoms with van der Waals surface area (Å²) in [6, 6.07) is 10.9. The van der Waals surface area contributed by atoms with Gasteiger partial charge in [-0.2, -0.15) is 0 Å². The molecule has 0 bridgehead atoms. The van der Waals surface area contributed by atoms with Crippen molar-refractivity contribution in [1.82, 2.24) is 10.2 Å². The molecular formula is C16H26N2. The van der Waals surface area contributed by atoms with Crippen LogP contribution in [0.3, 0.4) is 0 Å². The van der Waals surface area contributed by atoms with E-state index in [9.17, 15) is 0 Å². The Balaban J connectivity index is 1.67. The lowest BCUT2D eigenvalue weighted by atomic mass is 9.96. The summed E-state index contributed by atoms with van der Waals surface area (Å²) in [5.74, 6) is 0.657. The van der Waals surface area contributed by atoms with Gasteiger partial charge < -0.3 is 10.2 Å². The predicted molar refractivity (Wildman–Crippen MR) is 78.0 cm³/mol. The van der Waals surface area contributed by atoms with Gasteiger partial charge in [-0.15, -0.1) is 0 Å². The Morgan fingerprint density at radius 3 is 2.56 bits per heavy atom. The van der Waals surface area contributed by atoms with Crippen molar-refractivity contribution in [2.24, 2.45) is 0 Å². The first kappa shape index (κ1) is 13.6. The van der Waals surface area contributed by atoms with E-state index in [0.29, 0.717) is 5.92 Å². The van der Waals surface area contributed by atoms with Crippen molar-refractivity contribution in [2.75, 3.05) is 32.7 Å². The Kier molecular flexibility index (Phi) is 5.69. The standard InChI is InChI=1S/C16H26N2/c1-2-15(16-8-4-3-5-9-16)14-17-10-13-18-11-6-7-12-18/h3-5,8-9,15,17H,2,6-7,10-14H2,1H3. The normalized spacial score (nSPS) is 18.1. The summed E-state index contributed by atoms with van der Waals surface area (Å²) in [5.41, 5.74) is 1.47. The fraction of sp³-hybridized carbons (Fsp3) is 0.625. The topological polar surface area (TPSA) is 15.3 Å². The van der Waals surface area contributed by atoms with Gasteiger partial charge in [0.05, 0.1) is 0 Å². The number of nitrogens with one attached hydrogen (secondary N) is 1. The molecule has 2 heteroatoms. The smallest absolute Gasteiger partial charge is 0.0107 e. The maximum Gasteiger partial charge on any atom is 0.0107 e. The highest BCUT2D eigenvalue weighted by Crippen LogP contribution is 2.17. The van der Waals surface area contributed by atoms with Gasteiger partial charge in [0.25, 0.3) is 0 Å². The van der Waals surface area contributed by atoms with E-state index in [-0.39, 0.29) is 0 Å². The SMILES string of the molecule is CCC(CNCCN1CCCC1)c1ccccc1. The molecule has 1 heterocycles.